The Labute approximate surface area is 140 Å². The molecule has 1 saturated heterocycles. The van der Waals surface area contributed by atoms with E-state index >= 15 is 0 Å². The lowest BCUT2D eigenvalue weighted by Crippen LogP contribution is -2.56. The number of aliphatic hydroxyl groups is 3. The van der Waals surface area contributed by atoms with Gasteiger partial charge in [-0.2, -0.15) is 5.26 Å². The molecule has 0 spiro atoms. The summed E-state index contributed by atoms with van der Waals surface area (Å²) in [6.45, 7) is -0.526. The number of nitrogens with zero attached hydrogens (tertiary/aromatic N) is 5. The third kappa shape index (κ3) is 3.85. The van der Waals surface area contributed by atoms with Crippen LogP contribution in [0.5, 0.6) is 0 Å². The van der Waals surface area contributed by atoms with E-state index in [1.54, 1.807) is 0 Å². The minimum Gasteiger partial charge on any atom is -0.394 e. The lowest BCUT2D eigenvalue weighted by molar-refractivity contribution is -0.159. The highest BCUT2D eigenvalue weighted by molar-refractivity contribution is 7.99. The molecule has 3 N–H and O–H groups in total. The molecule has 0 radical (unpaired) electrons. The number of hydrogen-bond acceptors (Lipinski definition) is 8. The fourth-order valence-corrected chi connectivity index (χ4v) is 3.46. The van der Waals surface area contributed by atoms with Gasteiger partial charge in [-0.15, -0.1) is 0 Å². The molecule has 0 unspecified atom stereocenters. The summed E-state index contributed by atoms with van der Waals surface area (Å²) in [5, 5.41) is 42.2. The van der Waals surface area contributed by atoms with Gasteiger partial charge in [0.25, 0.3) is 0 Å². The number of azide groups is 1. The Morgan fingerprint density at radius 2 is 2.26 bits per heavy atom. The largest absolute Gasteiger partial charge is 0.394 e. The van der Waals surface area contributed by atoms with Gasteiger partial charge in [0.2, 0.25) is 0 Å². The summed E-state index contributed by atoms with van der Waals surface area (Å²) in [6.07, 6.45) is -2.43. The van der Waals surface area contributed by atoms with E-state index in [9.17, 15) is 15.3 Å². The van der Waals surface area contributed by atoms with Crippen molar-refractivity contribution in [2.45, 2.75) is 34.7 Å². The number of halogens is 1. The van der Waals surface area contributed by atoms with Crippen molar-refractivity contribution in [2.24, 2.45) is 5.11 Å². The summed E-state index contributed by atoms with van der Waals surface area (Å²) in [5.74, 6) is 0. The van der Waals surface area contributed by atoms with Crippen LogP contribution in [0.4, 0.5) is 0 Å². The molecule has 0 bridgehead atoms. The predicted molar refractivity (Wildman–Crippen MR) is 80.5 cm³/mol. The number of aliphatic hydroxyl groups excluding tert-OH is 3. The summed E-state index contributed by atoms with van der Waals surface area (Å²) < 4.78 is 5.43. The van der Waals surface area contributed by atoms with Gasteiger partial charge < -0.3 is 20.1 Å². The van der Waals surface area contributed by atoms with Crippen molar-refractivity contribution in [2.75, 3.05) is 6.61 Å². The number of thioether (sulfide) groups is 1. The molecule has 1 aromatic rings. The Hall–Kier alpha value is -1.57. The first-order valence-electron chi connectivity index (χ1n) is 6.40. The standard InChI is InChI=1S/C12H12ClN5O4S/c13-5-1-8(6(2-14)16-3-5)23-12-11(21)9(17-18-15)10(20)7(4-19)22-12/h1,3,7,9-12,19-21H,4H2/t7-,9+,10+,11-,12-/m1/s1. The van der Waals surface area contributed by atoms with Gasteiger partial charge in [0.05, 0.1) is 23.8 Å². The molecule has 1 aromatic heterocycles. The third-order valence-electron chi connectivity index (χ3n) is 3.20. The van der Waals surface area contributed by atoms with Gasteiger partial charge in [0.1, 0.15) is 23.7 Å². The second-order valence-electron chi connectivity index (χ2n) is 4.63. The number of rotatable bonds is 4. The van der Waals surface area contributed by atoms with Crippen molar-refractivity contribution in [1.82, 2.24) is 4.98 Å². The lowest BCUT2D eigenvalue weighted by Gasteiger charge is -2.40. The molecular formula is C12H12ClN5O4S. The lowest BCUT2D eigenvalue weighted by atomic mass is 9.98. The van der Waals surface area contributed by atoms with Crippen molar-refractivity contribution >= 4 is 23.4 Å². The van der Waals surface area contributed by atoms with E-state index in [0.29, 0.717) is 9.92 Å². The Bertz CT molecular complexity index is 665. The Balaban J connectivity index is 2.30. The van der Waals surface area contributed by atoms with Crippen molar-refractivity contribution in [1.29, 1.82) is 5.26 Å². The van der Waals surface area contributed by atoms with Gasteiger partial charge in [0, 0.05) is 16.0 Å². The average Bonchev–Trinajstić information content (AvgIpc) is 2.54. The van der Waals surface area contributed by atoms with Crippen LogP contribution in [0.15, 0.2) is 22.3 Å². The molecule has 2 heterocycles. The molecule has 0 amide bonds. The zero-order valence-electron chi connectivity index (χ0n) is 11.5. The fraction of sp³-hybridized carbons (Fsp3) is 0.500. The van der Waals surface area contributed by atoms with Crippen LogP contribution in [0.1, 0.15) is 5.69 Å². The molecule has 1 fully saturated rings. The van der Waals surface area contributed by atoms with Gasteiger partial charge >= 0.3 is 0 Å². The van der Waals surface area contributed by atoms with Gasteiger partial charge in [0.15, 0.2) is 5.69 Å². The van der Waals surface area contributed by atoms with Crippen LogP contribution < -0.4 is 0 Å². The van der Waals surface area contributed by atoms with Gasteiger partial charge in [-0.25, -0.2) is 4.98 Å². The summed E-state index contributed by atoms with van der Waals surface area (Å²) in [6, 6.07) is 2.18. The fourth-order valence-electron chi connectivity index (χ4n) is 2.08. The third-order valence-corrected chi connectivity index (χ3v) is 4.60. The summed E-state index contributed by atoms with van der Waals surface area (Å²) in [7, 11) is 0. The first kappa shape index (κ1) is 17.8. The number of aromatic nitrogens is 1. The van der Waals surface area contributed by atoms with E-state index in [1.165, 1.54) is 12.3 Å². The van der Waals surface area contributed by atoms with Crippen molar-refractivity contribution in [3.63, 3.8) is 0 Å². The summed E-state index contributed by atoms with van der Waals surface area (Å²) in [5.41, 5.74) is 7.66. The first-order chi connectivity index (χ1) is 11.0. The van der Waals surface area contributed by atoms with E-state index in [1.807, 2.05) is 6.07 Å². The molecule has 1 aliphatic heterocycles. The normalized spacial score (nSPS) is 30.3. The minimum absolute atomic E-state index is 0.0854. The van der Waals surface area contributed by atoms with Gasteiger partial charge in [-0.05, 0) is 11.6 Å². The number of pyridine rings is 1. The van der Waals surface area contributed by atoms with E-state index in [2.05, 4.69) is 15.0 Å². The van der Waals surface area contributed by atoms with Crippen LogP contribution in [-0.4, -0.2) is 56.7 Å². The second kappa shape index (κ2) is 7.81. The first-order valence-corrected chi connectivity index (χ1v) is 7.66. The van der Waals surface area contributed by atoms with Crippen LogP contribution in [0.25, 0.3) is 10.4 Å². The number of nitriles is 1. The van der Waals surface area contributed by atoms with Crippen LogP contribution in [0.2, 0.25) is 5.02 Å². The van der Waals surface area contributed by atoms with E-state index in [4.69, 9.17) is 27.1 Å². The zero-order valence-corrected chi connectivity index (χ0v) is 13.1. The smallest absolute Gasteiger partial charge is 0.154 e. The molecule has 5 atom stereocenters. The highest BCUT2D eigenvalue weighted by Gasteiger charge is 2.44. The maximum atomic E-state index is 10.2. The van der Waals surface area contributed by atoms with Gasteiger partial charge in [-0.3, -0.25) is 0 Å². The molecule has 23 heavy (non-hydrogen) atoms. The highest BCUT2D eigenvalue weighted by atomic mass is 35.5. The highest BCUT2D eigenvalue weighted by Crippen LogP contribution is 2.36. The maximum Gasteiger partial charge on any atom is 0.154 e. The summed E-state index contributed by atoms with van der Waals surface area (Å²) >= 11 is 6.79. The van der Waals surface area contributed by atoms with E-state index < -0.39 is 36.4 Å². The quantitative estimate of drug-likeness (QED) is 0.409. The molecule has 0 saturated carbocycles. The van der Waals surface area contributed by atoms with Crippen molar-refractivity contribution < 1.29 is 20.1 Å². The molecule has 9 nitrogen and oxygen atoms in total. The Kier molecular flexibility index (Phi) is 6.04. The zero-order chi connectivity index (χ0) is 17.0. The van der Waals surface area contributed by atoms with Crippen LogP contribution in [-0.2, 0) is 4.74 Å². The van der Waals surface area contributed by atoms with Crippen molar-refractivity contribution in [3.8, 4) is 6.07 Å². The molecule has 0 aromatic carbocycles. The van der Waals surface area contributed by atoms with Crippen LogP contribution in [0.3, 0.4) is 0 Å². The average molecular weight is 358 g/mol. The minimum atomic E-state index is -1.35. The molecular weight excluding hydrogens is 346 g/mol. The van der Waals surface area contributed by atoms with Gasteiger partial charge in [-0.1, -0.05) is 28.5 Å². The Morgan fingerprint density at radius 3 is 2.87 bits per heavy atom. The second-order valence-corrected chi connectivity index (χ2v) is 6.21. The van der Waals surface area contributed by atoms with Crippen molar-refractivity contribution in [3.05, 3.63) is 33.4 Å². The molecule has 0 aliphatic carbocycles. The number of hydrogen-bond donors (Lipinski definition) is 3. The topological polar surface area (TPSA) is 155 Å². The van der Waals surface area contributed by atoms with E-state index in [0.717, 1.165) is 11.8 Å². The molecule has 11 heteroatoms. The Morgan fingerprint density at radius 1 is 1.52 bits per heavy atom. The monoisotopic (exact) mass is 357 g/mol. The maximum absolute atomic E-state index is 10.2. The molecule has 1 aliphatic rings. The van der Waals surface area contributed by atoms with Crippen LogP contribution >= 0.6 is 23.4 Å². The summed E-state index contributed by atoms with van der Waals surface area (Å²) in [4.78, 5) is 6.81. The SMILES string of the molecule is N#Cc1ncc(Cl)cc1S[C@H]1O[C@H](CO)[C@H](O)[C@H](N=[N+]=[N-])[C@H]1O. The van der Waals surface area contributed by atoms with E-state index in [-0.39, 0.29) is 5.69 Å². The van der Waals surface area contributed by atoms with Crippen LogP contribution in [0, 0.1) is 11.3 Å². The molecule has 122 valence electrons. The number of ether oxygens (including phenoxy) is 1. The predicted octanol–water partition coefficient (Wildman–Crippen LogP) is 0.817. The molecule has 2 rings (SSSR count).